The monoisotopic (exact) mass is 309 g/mol. The summed E-state index contributed by atoms with van der Waals surface area (Å²) < 4.78 is 0. The van der Waals surface area contributed by atoms with Gasteiger partial charge in [-0.25, -0.2) is 0 Å². The maximum absolute atomic E-state index is 5.94. The van der Waals surface area contributed by atoms with E-state index in [0.717, 1.165) is 50.2 Å². The third-order valence-electron chi connectivity index (χ3n) is 3.94. The number of nitrogens with one attached hydrogen (secondary N) is 1. The first-order valence-electron chi connectivity index (χ1n) is 8.09. The van der Waals surface area contributed by atoms with Crippen LogP contribution in [0.15, 0.2) is 24.3 Å². The molecule has 0 aromatic heterocycles. The maximum atomic E-state index is 5.94. The topological polar surface area (TPSA) is 18.5 Å². The van der Waals surface area contributed by atoms with Gasteiger partial charge in [0.1, 0.15) is 0 Å². The lowest BCUT2D eigenvalue weighted by Crippen LogP contribution is -2.47. The summed E-state index contributed by atoms with van der Waals surface area (Å²) in [6.45, 7) is 12.5. The van der Waals surface area contributed by atoms with E-state index in [4.69, 9.17) is 11.6 Å². The van der Waals surface area contributed by atoms with Crippen LogP contribution in [0.1, 0.15) is 20.3 Å². The van der Waals surface area contributed by atoms with Crippen LogP contribution in [0.25, 0.3) is 0 Å². The Morgan fingerprint density at radius 3 is 2.38 bits per heavy atom. The zero-order valence-corrected chi connectivity index (χ0v) is 14.1. The Morgan fingerprint density at radius 2 is 1.76 bits per heavy atom. The molecular formula is C17H28ClN3. The van der Waals surface area contributed by atoms with E-state index in [1.807, 2.05) is 12.1 Å². The van der Waals surface area contributed by atoms with Crippen LogP contribution < -0.4 is 10.2 Å². The predicted molar refractivity (Wildman–Crippen MR) is 92.4 cm³/mol. The van der Waals surface area contributed by atoms with E-state index in [1.165, 1.54) is 18.7 Å². The van der Waals surface area contributed by atoms with Crippen molar-refractivity contribution in [3.8, 4) is 0 Å². The van der Waals surface area contributed by atoms with E-state index in [1.54, 1.807) is 0 Å². The largest absolute Gasteiger partial charge is 0.369 e. The minimum atomic E-state index is 0.743. The molecule has 1 aliphatic heterocycles. The molecule has 0 aliphatic carbocycles. The molecule has 1 aliphatic rings. The van der Waals surface area contributed by atoms with Crippen LogP contribution in [0, 0.1) is 5.92 Å². The Kier molecular flexibility index (Phi) is 6.81. The third kappa shape index (κ3) is 5.85. The average Bonchev–Trinajstić information content (AvgIpc) is 2.48. The molecule has 2 rings (SSSR count). The molecule has 4 heteroatoms. The lowest BCUT2D eigenvalue weighted by Gasteiger charge is -2.36. The Morgan fingerprint density at radius 1 is 1.10 bits per heavy atom. The number of nitrogens with zero attached hydrogens (tertiary/aromatic N) is 2. The molecule has 1 N–H and O–H groups in total. The van der Waals surface area contributed by atoms with Crippen LogP contribution in [0.5, 0.6) is 0 Å². The van der Waals surface area contributed by atoms with Crippen molar-refractivity contribution < 1.29 is 0 Å². The smallest absolute Gasteiger partial charge is 0.0407 e. The summed E-state index contributed by atoms with van der Waals surface area (Å²) in [5.74, 6) is 0.743. The molecule has 0 atom stereocenters. The van der Waals surface area contributed by atoms with Gasteiger partial charge < -0.3 is 10.2 Å². The van der Waals surface area contributed by atoms with Gasteiger partial charge in [0.25, 0.3) is 0 Å². The fourth-order valence-electron chi connectivity index (χ4n) is 2.70. The highest BCUT2D eigenvalue weighted by molar-refractivity contribution is 6.30. The van der Waals surface area contributed by atoms with Gasteiger partial charge in [-0.2, -0.15) is 0 Å². The summed E-state index contributed by atoms with van der Waals surface area (Å²) >= 11 is 5.94. The fraction of sp³-hybridized carbons (Fsp3) is 0.647. The number of benzene rings is 1. The molecule has 3 nitrogen and oxygen atoms in total. The van der Waals surface area contributed by atoms with Crippen molar-refractivity contribution in [2.75, 3.05) is 50.7 Å². The first kappa shape index (κ1) is 16.6. The molecule has 0 amide bonds. The van der Waals surface area contributed by atoms with E-state index in [0.29, 0.717) is 0 Å². The summed E-state index contributed by atoms with van der Waals surface area (Å²) in [5.41, 5.74) is 1.29. The average molecular weight is 310 g/mol. The highest BCUT2D eigenvalue weighted by atomic mass is 35.5. The minimum absolute atomic E-state index is 0.743. The maximum Gasteiger partial charge on any atom is 0.0407 e. The normalized spacial score (nSPS) is 16.7. The summed E-state index contributed by atoms with van der Waals surface area (Å²) in [6, 6.07) is 8.19. The summed E-state index contributed by atoms with van der Waals surface area (Å²) in [6.07, 6.45) is 1.24. The molecule has 1 heterocycles. The van der Waals surface area contributed by atoms with Crippen LogP contribution in [0.4, 0.5) is 5.69 Å². The molecule has 118 valence electrons. The van der Waals surface area contributed by atoms with E-state index in [-0.39, 0.29) is 0 Å². The molecule has 0 unspecified atom stereocenters. The number of rotatable bonds is 7. The van der Waals surface area contributed by atoms with E-state index in [2.05, 4.69) is 41.1 Å². The molecule has 1 aromatic rings. The van der Waals surface area contributed by atoms with Crippen molar-refractivity contribution in [3.05, 3.63) is 29.3 Å². The van der Waals surface area contributed by atoms with Crippen LogP contribution in [0.3, 0.4) is 0 Å². The van der Waals surface area contributed by atoms with Crippen LogP contribution in [-0.2, 0) is 0 Å². The first-order valence-corrected chi connectivity index (χ1v) is 8.46. The Labute approximate surface area is 134 Å². The molecule has 0 radical (unpaired) electrons. The van der Waals surface area contributed by atoms with Crippen molar-refractivity contribution in [1.82, 2.24) is 10.2 Å². The Bertz CT molecular complexity index is 397. The molecule has 0 bridgehead atoms. The zero-order valence-electron chi connectivity index (χ0n) is 13.3. The van der Waals surface area contributed by atoms with Crippen molar-refractivity contribution in [3.63, 3.8) is 0 Å². The highest BCUT2D eigenvalue weighted by Crippen LogP contribution is 2.19. The van der Waals surface area contributed by atoms with Gasteiger partial charge in [0.05, 0.1) is 0 Å². The van der Waals surface area contributed by atoms with Crippen LogP contribution >= 0.6 is 11.6 Å². The van der Waals surface area contributed by atoms with Gasteiger partial charge in [0.2, 0.25) is 0 Å². The van der Waals surface area contributed by atoms with Crippen molar-refractivity contribution in [2.45, 2.75) is 20.3 Å². The van der Waals surface area contributed by atoms with Crippen molar-refractivity contribution >= 4 is 17.3 Å². The molecule has 1 saturated heterocycles. The second-order valence-corrected chi connectivity index (χ2v) is 6.69. The SMILES string of the molecule is CC(C)CNCCCN1CCN(c2ccc(Cl)cc2)CC1. The second-order valence-electron chi connectivity index (χ2n) is 6.26. The lowest BCUT2D eigenvalue weighted by atomic mass is 10.2. The third-order valence-corrected chi connectivity index (χ3v) is 4.20. The predicted octanol–water partition coefficient (Wildman–Crippen LogP) is 3.10. The highest BCUT2D eigenvalue weighted by Gasteiger charge is 2.16. The quantitative estimate of drug-likeness (QED) is 0.781. The van der Waals surface area contributed by atoms with Gasteiger partial charge in [-0.3, -0.25) is 4.90 Å². The van der Waals surface area contributed by atoms with Gasteiger partial charge >= 0.3 is 0 Å². The van der Waals surface area contributed by atoms with Crippen molar-refractivity contribution in [2.24, 2.45) is 5.92 Å². The van der Waals surface area contributed by atoms with Gasteiger partial charge in [0.15, 0.2) is 0 Å². The summed E-state index contributed by atoms with van der Waals surface area (Å²) in [7, 11) is 0. The van der Waals surface area contributed by atoms with E-state index in [9.17, 15) is 0 Å². The minimum Gasteiger partial charge on any atom is -0.369 e. The lowest BCUT2D eigenvalue weighted by molar-refractivity contribution is 0.253. The standard InChI is InChI=1S/C17H28ClN3/c1-15(2)14-19-8-3-9-20-10-12-21(13-11-20)17-6-4-16(18)5-7-17/h4-7,15,19H,3,8-14H2,1-2H3. The number of anilines is 1. The Balaban J connectivity index is 1.63. The van der Waals surface area contributed by atoms with Gasteiger partial charge in [-0.15, -0.1) is 0 Å². The molecular weight excluding hydrogens is 282 g/mol. The fourth-order valence-corrected chi connectivity index (χ4v) is 2.83. The number of hydrogen-bond acceptors (Lipinski definition) is 3. The zero-order chi connectivity index (χ0) is 15.1. The number of piperazine rings is 1. The van der Waals surface area contributed by atoms with Crippen LogP contribution in [0.2, 0.25) is 5.02 Å². The first-order chi connectivity index (χ1) is 10.1. The molecule has 1 aromatic carbocycles. The number of hydrogen-bond donors (Lipinski definition) is 1. The summed E-state index contributed by atoms with van der Waals surface area (Å²) in [4.78, 5) is 5.02. The second kappa shape index (κ2) is 8.62. The van der Waals surface area contributed by atoms with Gasteiger partial charge in [0, 0.05) is 36.9 Å². The number of halogens is 1. The summed E-state index contributed by atoms with van der Waals surface area (Å²) in [5, 5.41) is 4.33. The Hall–Kier alpha value is -0.770. The van der Waals surface area contributed by atoms with Crippen molar-refractivity contribution in [1.29, 1.82) is 0 Å². The van der Waals surface area contributed by atoms with E-state index >= 15 is 0 Å². The molecule has 21 heavy (non-hydrogen) atoms. The van der Waals surface area contributed by atoms with Gasteiger partial charge in [-0.1, -0.05) is 25.4 Å². The molecule has 0 spiro atoms. The molecule has 1 fully saturated rings. The molecule has 0 saturated carbocycles. The van der Waals surface area contributed by atoms with Gasteiger partial charge in [-0.05, 0) is 56.2 Å². The van der Waals surface area contributed by atoms with Crippen LogP contribution in [-0.4, -0.2) is 50.7 Å². The van der Waals surface area contributed by atoms with E-state index < -0.39 is 0 Å².